The van der Waals surface area contributed by atoms with Crippen LogP contribution in [0.5, 0.6) is 0 Å². The van der Waals surface area contributed by atoms with Crippen LogP contribution in [0.2, 0.25) is 0 Å². The maximum atomic E-state index is 13.0. The van der Waals surface area contributed by atoms with E-state index in [-0.39, 0.29) is 18.1 Å². The van der Waals surface area contributed by atoms with Crippen molar-refractivity contribution in [2.45, 2.75) is 13.0 Å². The van der Waals surface area contributed by atoms with E-state index in [2.05, 4.69) is 27.5 Å². The molecule has 1 aromatic heterocycles. The van der Waals surface area contributed by atoms with Gasteiger partial charge >= 0.3 is 0 Å². The number of rotatable bonds is 4. The highest BCUT2D eigenvalue weighted by atomic mass is 19.1. The second kappa shape index (κ2) is 6.49. The number of hydrogen-bond acceptors (Lipinski definition) is 4. The number of ketones is 1. The molecular formula is C22H15FN4O. The second-order valence-electron chi connectivity index (χ2n) is 6.78. The molecule has 5 rings (SSSR count). The lowest BCUT2D eigenvalue weighted by molar-refractivity contribution is 0.0961. The van der Waals surface area contributed by atoms with Gasteiger partial charge in [-0.3, -0.25) is 4.79 Å². The van der Waals surface area contributed by atoms with Crippen molar-refractivity contribution in [2.24, 2.45) is 0 Å². The molecule has 0 bridgehead atoms. The van der Waals surface area contributed by atoms with Gasteiger partial charge in [0.25, 0.3) is 0 Å². The summed E-state index contributed by atoms with van der Waals surface area (Å²) in [6, 6.07) is 19.9. The lowest BCUT2D eigenvalue weighted by Gasteiger charge is -2.05. The zero-order valence-electron chi connectivity index (χ0n) is 14.8. The highest BCUT2D eigenvalue weighted by Gasteiger charge is 2.20. The van der Waals surface area contributed by atoms with Crippen LogP contribution in [0.25, 0.3) is 22.5 Å². The summed E-state index contributed by atoms with van der Waals surface area (Å²) in [5, 5.41) is 12.1. The molecule has 0 saturated carbocycles. The molecule has 1 heterocycles. The Hall–Kier alpha value is -3.67. The fourth-order valence-corrected chi connectivity index (χ4v) is 3.54. The zero-order valence-corrected chi connectivity index (χ0v) is 14.8. The third-order valence-electron chi connectivity index (χ3n) is 4.96. The van der Waals surface area contributed by atoms with E-state index >= 15 is 0 Å². The maximum absolute atomic E-state index is 13.0. The largest absolute Gasteiger partial charge is 0.292 e. The molecule has 28 heavy (non-hydrogen) atoms. The van der Waals surface area contributed by atoms with Crippen molar-refractivity contribution < 1.29 is 9.18 Å². The van der Waals surface area contributed by atoms with Crippen LogP contribution in [-0.2, 0) is 13.0 Å². The molecular weight excluding hydrogens is 355 g/mol. The summed E-state index contributed by atoms with van der Waals surface area (Å²) >= 11 is 0. The first-order chi connectivity index (χ1) is 13.7. The van der Waals surface area contributed by atoms with E-state index in [1.165, 1.54) is 33.6 Å². The summed E-state index contributed by atoms with van der Waals surface area (Å²) in [7, 11) is 0. The van der Waals surface area contributed by atoms with Crippen LogP contribution < -0.4 is 0 Å². The van der Waals surface area contributed by atoms with Crippen LogP contribution in [0.1, 0.15) is 21.5 Å². The van der Waals surface area contributed by atoms with E-state index in [1.807, 2.05) is 30.3 Å². The molecule has 1 aliphatic carbocycles. The van der Waals surface area contributed by atoms with Gasteiger partial charge in [-0.15, -0.1) is 10.2 Å². The number of aromatic nitrogens is 4. The highest BCUT2D eigenvalue weighted by molar-refractivity contribution is 5.97. The molecule has 0 amide bonds. The summed E-state index contributed by atoms with van der Waals surface area (Å²) in [5.74, 6) is -0.0598. The molecule has 0 saturated heterocycles. The average Bonchev–Trinajstić information content (AvgIpc) is 3.32. The smallest absolute Gasteiger partial charge is 0.204 e. The summed E-state index contributed by atoms with van der Waals surface area (Å²) < 4.78 is 13.0. The molecule has 0 N–H and O–H groups in total. The lowest BCUT2D eigenvalue weighted by atomic mass is 10.0. The Morgan fingerprint density at radius 1 is 0.964 bits per heavy atom. The molecule has 1 aliphatic rings. The van der Waals surface area contributed by atoms with Crippen molar-refractivity contribution in [2.75, 3.05) is 0 Å². The lowest BCUT2D eigenvalue weighted by Crippen LogP contribution is -2.13. The normalized spacial score (nSPS) is 11.9. The zero-order chi connectivity index (χ0) is 19.1. The van der Waals surface area contributed by atoms with E-state index < -0.39 is 0 Å². The van der Waals surface area contributed by atoms with Gasteiger partial charge in [0.15, 0.2) is 5.78 Å². The molecule has 4 aromatic rings. The van der Waals surface area contributed by atoms with Crippen LogP contribution in [-0.4, -0.2) is 26.0 Å². The van der Waals surface area contributed by atoms with Crippen molar-refractivity contribution in [3.05, 3.63) is 89.2 Å². The Morgan fingerprint density at radius 2 is 1.75 bits per heavy atom. The van der Waals surface area contributed by atoms with Crippen LogP contribution in [0, 0.1) is 5.82 Å². The summed E-state index contributed by atoms with van der Waals surface area (Å²) in [5.41, 5.74) is 6.08. The summed E-state index contributed by atoms with van der Waals surface area (Å²) in [6.07, 6.45) is 0.894. The summed E-state index contributed by atoms with van der Waals surface area (Å²) in [4.78, 5) is 14.0. The minimum absolute atomic E-state index is 0.00533. The van der Waals surface area contributed by atoms with E-state index in [9.17, 15) is 9.18 Å². The van der Waals surface area contributed by atoms with E-state index in [0.717, 1.165) is 12.0 Å². The van der Waals surface area contributed by atoms with Gasteiger partial charge in [0.1, 0.15) is 12.4 Å². The van der Waals surface area contributed by atoms with Crippen molar-refractivity contribution >= 4 is 5.78 Å². The molecule has 0 radical (unpaired) electrons. The van der Waals surface area contributed by atoms with Crippen LogP contribution in [0.4, 0.5) is 4.39 Å². The Morgan fingerprint density at radius 3 is 2.61 bits per heavy atom. The third kappa shape index (κ3) is 2.89. The van der Waals surface area contributed by atoms with Gasteiger partial charge in [-0.05, 0) is 64.2 Å². The predicted octanol–water partition coefficient (Wildman–Crippen LogP) is 3.93. The Bertz CT molecular complexity index is 1200. The fourth-order valence-electron chi connectivity index (χ4n) is 3.54. The van der Waals surface area contributed by atoms with E-state index in [1.54, 1.807) is 12.1 Å². The monoisotopic (exact) mass is 370 g/mol. The number of hydrogen-bond donors (Lipinski definition) is 0. The van der Waals surface area contributed by atoms with Gasteiger partial charge in [0.05, 0.1) is 0 Å². The molecule has 3 aromatic carbocycles. The molecule has 0 atom stereocenters. The van der Waals surface area contributed by atoms with Crippen molar-refractivity contribution in [1.29, 1.82) is 0 Å². The number of halogens is 1. The molecule has 0 unspecified atom stereocenters. The average molecular weight is 370 g/mol. The minimum atomic E-state index is -0.329. The highest BCUT2D eigenvalue weighted by Crippen LogP contribution is 2.36. The number of carbonyl (C=O) groups excluding carboxylic acids is 1. The van der Waals surface area contributed by atoms with Crippen molar-refractivity contribution in [3.8, 4) is 22.5 Å². The number of tetrazole rings is 1. The van der Waals surface area contributed by atoms with Gasteiger partial charge in [-0.1, -0.05) is 36.4 Å². The number of carbonyl (C=O) groups is 1. The van der Waals surface area contributed by atoms with Crippen LogP contribution >= 0.6 is 0 Å². The molecule has 136 valence electrons. The molecule has 5 nitrogen and oxygen atoms in total. The van der Waals surface area contributed by atoms with Crippen LogP contribution in [0.3, 0.4) is 0 Å². The van der Waals surface area contributed by atoms with E-state index in [0.29, 0.717) is 17.0 Å². The molecule has 0 fully saturated rings. The standard InChI is InChI=1S/C22H15FN4O/c23-18-9-7-14(8-10-18)22-24-26-27(25-22)13-21(28)17-6-5-16-11-15-3-1-2-4-19(15)20(16)12-17/h1-10,12H,11,13H2. The predicted molar refractivity (Wildman–Crippen MR) is 102 cm³/mol. The van der Waals surface area contributed by atoms with Crippen molar-refractivity contribution in [1.82, 2.24) is 20.2 Å². The molecule has 0 spiro atoms. The number of benzene rings is 3. The van der Waals surface area contributed by atoms with Crippen LogP contribution in [0.15, 0.2) is 66.7 Å². The van der Waals surface area contributed by atoms with Crippen molar-refractivity contribution in [3.63, 3.8) is 0 Å². The Labute approximate surface area is 160 Å². The van der Waals surface area contributed by atoms with Gasteiger partial charge in [-0.25, -0.2) is 4.39 Å². The number of nitrogens with zero attached hydrogens (tertiary/aromatic N) is 4. The van der Waals surface area contributed by atoms with E-state index in [4.69, 9.17) is 0 Å². The quantitative estimate of drug-likeness (QED) is 0.450. The first-order valence-corrected chi connectivity index (χ1v) is 8.95. The first-order valence-electron chi connectivity index (χ1n) is 8.95. The maximum Gasteiger partial charge on any atom is 0.204 e. The first kappa shape index (κ1) is 16.5. The number of fused-ring (bicyclic) bond motifs is 3. The topological polar surface area (TPSA) is 60.7 Å². The molecule has 0 aliphatic heterocycles. The van der Waals surface area contributed by atoms with Gasteiger partial charge in [0.2, 0.25) is 5.82 Å². The van der Waals surface area contributed by atoms with Gasteiger partial charge in [-0.2, -0.15) is 4.80 Å². The summed E-state index contributed by atoms with van der Waals surface area (Å²) in [6.45, 7) is -0.00533. The minimum Gasteiger partial charge on any atom is -0.292 e. The SMILES string of the molecule is O=C(Cn1nnc(-c2ccc(F)cc2)n1)c1ccc2c(c1)-c1ccccc1C2. The van der Waals surface area contributed by atoms with Gasteiger partial charge in [0, 0.05) is 11.1 Å². The Balaban J connectivity index is 1.38. The van der Waals surface area contributed by atoms with Gasteiger partial charge < -0.3 is 0 Å². The second-order valence-corrected chi connectivity index (χ2v) is 6.78. The molecule has 6 heteroatoms. The third-order valence-corrected chi connectivity index (χ3v) is 4.96. The Kier molecular flexibility index (Phi) is 3.83. The fraction of sp³-hybridized carbons (Fsp3) is 0.0909. The number of Topliss-reactive ketones (excluding diaryl/α,β-unsaturated/α-hetero) is 1.